The first-order valence-corrected chi connectivity index (χ1v) is 4.86. The Morgan fingerprint density at radius 2 is 1.85 bits per heavy atom. The average Bonchev–Trinajstić information content (AvgIpc) is 2.21. The smallest absolute Gasteiger partial charge is 0.0447 e. The molecule has 13 heavy (non-hydrogen) atoms. The van der Waals surface area contributed by atoms with Gasteiger partial charge in [-0.15, -0.1) is 6.42 Å². The first-order valence-electron chi connectivity index (χ1n) is 4.86. The van der Waals surface area contributed by atoms with Crippen molar-refractivity contribution in [3.05, 3.63) is 35.4 Å². The van der Waals surface area contributed by atoms with E-state index in [1.54, 1.807) is 0 Å². The highest BCUT2D eigenvalue weighted by molar-refractivity contribution is 5.29. The van der Waals surface area contributed by atoms with Crippen molar-refractivity contribution in [1.82, 2.24) is 0 Å². The van der Waals surface area contributed by atoms with Gasteiger partial charge in [0.1, 0.15) is 0 Å². The van der Waals surface area contributed by atoms with Crippen LogP contribution in [0.15, 0.2) is 24.3 Å². The Morgan fingerprint density at radius 1 is 1.23 bits per heavy atom. The Kier molecular flexibility index (Phi) is 3.58. The molecule has 0 aliphatic carbocycles. The van der Waals surface area contributed by atoms with Crippen molar-refractivity contribution in [1.29, 1.82) is 0 Å². The van der Waals surface area contributed by atoms with Crippen LogP contribution in [0.1, 0.15) is 37.3 Å². The summed E-state index contributed by atoms with van der Waals surface area (Å²) in [6.07, 6.45) is 7.54. The molecule has 0 bridgehead atoms. The van der Waals surface area contributed by atoms with Crippen molar-refractivity contribution in [3.63, 3.8) is 0 Å². The van der Waals surface area contributed by atoms with Gasteiger partial charge >= 0.3 is 0 Å². The summed E-state index contributed by atoms with van der Waals surface area (Å²) in [5.74, 6) is 3.09. The maximum atomic E-state index is 5.44. The van der Waals surface area contributed by atoms with E-state index < -0.39 is 0 Å². The lowest BCUT2D eigenvalue weighted by atomic mass is 9.96. The second-order valence-electron chi connectivity index (χ2n) is 3.22. The first kappa shape index (κ1) is 9.86. The second-order valence-corrected chi connectivity index (χ2v) is 3.22. The third kappa shape index (κ3) is 2.36. The minimum absolute atomic E-state index is 0.283. The molecule has 0 radical (unpaired) electrons. The van der Waals surface area contributed by atoms with Crippen molar-refractivity contribution in [2.24, 2.45) is 0 Å². The Bertz CT molecular complexity index is 287. The fraction of sp³-hybridized carbons (Fsp3) is 0.385. The molecule has 1 aromatic carbocycles. The molecule has 68 valence electrons. The van der Waals surface area contributed by atoms with Crippen molar-refractivity contribution in [3.8, 4) is 12.3 Å². The van der Waals surface area contributed by atoms with Crippen LogP contribution in [0.2, 0.25) is 0 Å². The molecule has 1 atom stereocenters. The van der Waals surface area contributed by atoms with Crippen LogP contribution in [0.5, 0.6) is 0 Å². The lowest BCUT2D eigenvalue weighted by Crippen LogP contribution is -1.93. The molecule has 1 aromatic rings. The normalized spacial score (nSPS) is 12.1. The summed E-state index contributed by atoms with van der Waals surface area (Å²) in [6, 6.07) is 8.62. The van der Waals surface area contributed by atoms with Gasteiger partial charge in [-0.2, -0.15) is 0 Å². The Labute approximate surface area is 81.0 Å². The summed E-state index contributed by atoms with van der Waals surface area (Å²) in [6.45, 7) is 4.28. The van der Waals surface area contributed by atoms with E-state index in [0.29, 0.717) is 0 Å². The average molecular weight is 172 g/mol. The van der Waals surface area contributed by atoms with Gasteiger partial charge in [-0.25, -0.2) is 0 Å². The van der Waals surface area contributed by atoms with E-state index in [1.165, 1.54) is 11.1 Å². The van der Waals surface area contributed by atoms with Crippen molar-refractivity contribution in [2.75, 3.05) is 0 Å². The van der Waals surface area contributed by atoms with Gasteiger partial charge in [-0.05, 0) is 24.0 Å². The summed E-state index contributed by atoms with van der Waals surface area (Å²) in [5, 5.41) is 0. The van der Waals surface area contributed by atoms with Crippen LogP contribution >= 0.6 is 0 Å². The molecule has 0 aliphatic rings. The standard InChI is InChI=1S/C13H16/c1-4-11-7-9-13(10-8-11)12(5-2)6-3/h2,7-10,12H,4,6H2,1,3H3. The number of aryl methyl sites for hydroxylation is 1. The molecule has 0 fully saturated rings. The second kappa shape index (κ2) is 4.72. The van der Waals surface area contributed by atoms with E-state index in [-0.39, 0.29) is 5.92 Å². The zero-order chi connectivity index (χ0) is 9.68. The van der Waals surface area contributed by atoms with Crippen LogP contribution < -0.4 is 0 Å². The number of hydrogen-bond donors (Lipinski definition) is 0. The highest BCUT2D eigenvalue weighted by Gasteiger charge is 2.04. The SMILES string of the molecule is C#CC(CC)c1ccc(CC)cc1. The monoisotopic (exact) mass is 172 g/mol. The molecule has 1 rings (SSSR count). The molecule has 0 nitrogen and oxygen atoms in total. The topological polar surface area (TPSA) is 0 Å². The molecule has 0 heterocycles. The van der Waals surface area contributed by atoms with Gasteiger partial charge in [0.05, 0.1) is 0 Å². The summed E-state index contributed by atoms with van der Waals surface area (Å²) >= 11 is 0. The van der Waals surface area contributed by atoms with Gasteiger partial charge in [-0.3, -0.25) is 0 Å². The quantitative estimate of drug-likeness (QED) is 0.613. The molecule has 0 saturated heterocycles. The molecular formula is C13H16. The van der Waals surface area contributed by atoms with Crippen LogP contribution in [0.3, 0.4) is 0 Å². The third-order valence-electron chi connectivity index (χ3n) is 2.40. The van der Waals surface area contributed by atoms with E-state index in [4.69, 9.17) is 6.42 Å². The molecule has 0 aromatic heterocycles. The maximum absolute atomic E-state index is 5.44. The summed E-state index contributed by atoms with van der Waals surface area (Å²) in [5.41, 5.74) is 2.64. The van der Waals surface area contributed by atoms with E-state index in [9.17, 15) is 0 Å². The lowest BCUT2D eigenvalue weighted by molar-refractivity contribution is 0.830. The number of hydrogen-bond acceptors (Lipinski definition) is 0. The summed E-state index contributed by atoms with van der Waals surface area (Å²) < 4.78 is 0. The van der Waals surface area contributed by atoms with E-state index >= 15 is 0 Å². The minimum atomic E-state index is 0.283. The minimum Gasteiger partial charge on any atom is -0.119 e. The van der Waals surface area contributed by atoms with Gasteiger partial charge in [0, 0.05) is 5.92 Å². The van der Waals surface area contributed by atoms with Crippen molar-refractivity contribution < 1.29 is 0 Å². The van der Waals surface area contributed by atoms with Crippen molar-refractivity contribution >= 4 is 0 Å². The van der Waals surface area contributed by atoms with Crippen LogP contribution in [-0.4, -0.2) is 0 Å². The van der Waals surface area contributed by atoms with Crippen LogP contribution in [0.4, 0.5) is 0 Å². The molecule has 0 aliphatic heterocycles. The fourth-order valence-electron chi connectivity index (χ4n) is 1.44. The first-order chi connectivity index (χ1) is 6.31. The number of terminal acetylenes is 1. The van der Waals surface area contributed by atoms with Gasteiger partial charge < -0.3 is 0 Å². The van der Waals surface area contributed by atoms with Gasteiger partial charge in [0.25, 0.3) is 0 Å². The predicted molar refractivity (Wildman–Crippen MR) is 57.7 cm³/mol. The zero-order valence-corrected chi connectivity index (χ0v) is 8.38. The fourth-order valence-corrected chi connectivity index (χ4v) is 1.44. The Morgan fingerprint density at radius 3 is 2.23 bits per heavy atom. The molecule has 0 spiro atoms. The number of benzene rings is 1. The molecule has 0 heteroatoms. The number of rotatable bonds is 3. The zero-order valence-electron chi connectivity index (χ0n) is 8.38. The van der Waals surface area contributed by atoms with Gasteiger partial charge in [0.2, 0.25) is 0 Å². The lowest BCUT2D eigenvalue weighted by Gasteiger charge is -2.08. The highest BCUT2D eigenvalue weighted by Crippen LogP contribution is 2.18. The molecule has 0 saturated carbocycles. The van der Waals surface area contributed by atoms with E-state index in [0.717, 1.165) is 12.8 Å². The largest absolute Gasteiger partial charge is 0.119 e. The van der Waals surface area contributed by atoms with Crippen LogP contribution in [0, 0.1) is 12.3 Å². The maximum Gasteiger partial charge on any atom is 0.0447 e. The predicted octanol–water partition coefficient (Wildman–Crippen LogP) is 3.38. The van der Waals surface area contributed by atoms with Crippen LogP contribution in [0.25, 0.3) is 0 Å². The Balaban J connectivity index is 2.86. The van der Waals surface area contributed by atoms with E-state index in [1.807, 2.05) is 0 Å². The van der Waals surface area contributed by atoms with Gasteiger partial charge in [0.15, 0.2) is 0 Å². The van der Waals surface area contributed by atoms with Gasteiger partial charge in [-0.1, -0.05) is 44.0 Å². The molecule has 1 unspecified atom stereocenters. The van der Waals surface area contributed by atoms with E-state index in [2.05, 4.69) is 44.0 Å². The Hall–Kier alpha value is -1.22. The highest BCUT2D eigenvalue weighted by atomic mass is 14.1. The third-order valence-corrected chi connectivity index (χ3v) is 2.40. The summed E-state index contributed by atoms with van der Waals surface area (Å²) in [7, 11) is 0. The molecule has 0 N–H and O–H groups in total. The van der Waals surface area contributed by atoms with Crippen molar-refractivity contribution in [2.45, 2.75) is 32.6 Å². The molecular weight excluding hydrogens is 156 g/mol. The van der Waals surface area contributed by atoms with Crippen LogP contribution in [-0.2, 0) is 6.42 Å². The molecule has 0 amide bonds. The summed E-state index contributed by atoms with van der Waals surface area (Å²) in [4.78, 5) is 0.